The van der Waals surface area contributed by atoms with Crippen molar-refractivity contribution in [2.45, 2.75) is 24.9 Å². The lowest BCUT2D eigenvalue weighted by molar-refractivity contribution is -0.129. The number of amides is 1. The Morgan fingerprint density at radius 2 is 1.85 bits per heavy atom. The van der Waals surface area contributed by atoms with Gasteiger partial charge in [-0.05, 0) is 6.42 Å². The molecule has 2 aliphatic heterocycles. The summed E-state index contributed by atoms with van der Waals surface area (Å²) in [5.74, 6) is 1.10. The summed E-state index contributed by atoms with van der Waals surface area (Å²) >= 11 is 0. The fourth-order valence-corrected chi connectivity index (χ4v) is 3.64. The summed E-state index contributed by atoms with van der Waals surface area (Å²) in [5.41, 5.74) is 8.28. The largest absolute Gasteiger partial charge is 0.353 e. The summed E-state index contributed by atoms with van der Waals surface area (Å²) < 4.78 is 0. The first-order chi connectivity index (χ1) is 11.7. The Morgan fingerprint density at radius 3 is 2.54 bits per heavy atom. The molecule has 0 radical (unpaired) electrons. The molecule has 1 aromatic carbocycles. The summed E-state index contributed by atoms with van der Waals surface area (Å²) in [5, 5.41) is 0. The van der Waals surface area contributed by atoms with Crippen molar-refractivity contribution < 1.29 is 4.79 Å². The van der Waals surface area contributed by atoms with E-state index in [4.69, 9.17) is 5.73 Å². The Kier molecular flexibility index (Phi) is 6.81. The highest BCUT2D eigenvalue weighted by Crippen LogP contribution is 2.26. The van der Waals surface area contributed by atoms with Crippen LogP contribution in [0, 0.1) is 0 Å². The Hall–Kier alpha value is -1.89. The summed E-state index contributed by atoms with van der Waals surface area (Å²) in [6.45, 7) is 2.27. The van der Waals surface area contributed by atoms with E-state index in [-0.39, 0.29) is 42.8 Å². The van der Waals surface area contributed by atoms with Gasteiger partial charge in [-0.3, -0.25) is 4.79 Å². The van der Waals surface area contributed by atoms with Crippen molar-refractivity contribution >= 4 is 36.5 Å². The van der Waals surface area contributed by atoms with E-state index >= 15 is 0 Å². The minimum atomic E-state index is -0.0396. The highest BCUT2D eigenvalue weighted by atomic mass is 35.5. The molecule has 26 heavy (non-hydrogen) atoms. The van der Waals surface area contributed by atoms with Crippen LogP contribution in [-0.2, 0) is 4.79 Å². The second-order valence-electron chi connectivity index (χ2n) is 6.45. The van der Waals surface area contributed by atoms with Crippen molar-refractivity contribution in [2.24, 2.45) is 5.73 Å². The number of carbonyl (C=O) groups is 1. The van der Waals surface area contributed by atoms with Gasteiger partial charge in [0.1, 0.15) is 12.1 Å². The quantitative estimate of drug-likeness (QED) is 0.861. The van der Waals surface area contributed by atoms with Crippen molar-refractivity contribution in [3.8, 4) is 11.3 Å². The van der Waals surface area contributed by atoms with Crippen LogP contribution in [0.25, 0.3) is 11.3 Å². The summed E-state index contributed by atoms with van der Waals surface area (Å²) in [4.78, 5) is 24.9. The van der Waals surface area contributed by atoms with Crippen molar-refractivity contribution in [1.29, 1.82) is 0 Å². The number of anilines is 1. The molecule has 2 N–H and O–H groups in total. The monoisotopic (exact) mass is 395 g/mol. The maximum absolute atomic E-state index is 12.0. The van der Waals surface area contributed by atoms with Crippen LogP contribution in [0.4, 0.5) is 5.82 Å². The van der Waals surface area contributed by atoms with E-state index in [0.717, 1.165) is 36.6 Å². The molecule has 2 aromatic rings. The summed E-state index contributed by atoms with van der Waals surface area (Å²) in [6, 6.07) is 12.1. The van der Waals surface area contributed by atoms with E-state index in [0.29, 0.717) is 13.0 Å². The van der Waals surface area contributed by atoms with Gasteiger partial charge >= 0.3 is 0 Å². The number of nitrogens with zero attached hydrogens (tertiary/aromatic N) is 4. The number of hydrogen-bond donors (Lipinski definition) is 1. The number of likely N-dealkylation sites (tertiary alicyclic amines) is 1. The Labute approximate surface area is 165 Å². The third kappa shape index (κ3) is 3.92. The number of nitrogens with two attached hydrogens (primary N) is 1. The van der Waals surface area contributed by atoms with Gasteiger partial charge in [0.25, 0.3) is 0 Å². The molecule has 2 aliphatic rings. The molecule has 6 nitrogen and oxygen atoms in total. The molecule has 1 aromatic heterocycles. The molecular weight excluding hydrogens is 373 g/mol. The van der Waals surface area contributed by atoms with Crippen molar-refractivity contribution in [3.63, 3.8) is 0 Å². The molecule has 4 rings (SSSR count). The third-order valence-electron chi connectivity index (χ3n) is 4.89. The first-order valence-electron chi connectivity index (χ1n) is 8.40. The predicted molar refractivity (Wildman–Crippen MR) is 107 cm³/mol. The SMILES string of the molecule is Cl.Cl.N[C@@H]1CN(c2cc(-c3ccccc3)ncn2)C[C@@H]1N1CCCC1=O. The molecule has 8 heteroatoms. The van der Waals surface area contributed by atoms with Crippen LogP contribution >= 0.6 is 24.8 Å². The van der Waals surface area contributed by atoms with Crippen LogP contribution in [0.5, 0.6) is 0 Å². The number of aromatic nitrogens is 2. The van der Waals surface area contributed by atoms with Crippen LogP contribution in [0.1, 0.15) is 12.8 Å². The molecule has 0 spiro atoms. The van der Waals surface area contributed by atoms with E-state index in [2.05, 4.69) is 14.9 Å². The molecule has 0 unspecified atom stereocenters. The number of hydrogen-bond acceptors (Lipinski definition) is 5. The first kappa shape index (κ1) is 20.4. The zero-order valence-electron chi connectivity index (χ0n) is 14.3. The van der Waals surface area contributed by atoms with Crippen LogP contribution in [-0.4, -0.2) is 52.5 Å². The van der Waals surface area contributed by atoms with Crippen molar-refractivity contribution in [3.05, 3.63) is 42.7 Å². The topological polar surface area (TPSA) is 75.3 Å². The van der Waals surface area contributed by atoms with E-state index < -0.39 is 0 Å². The van der Waals surface area contributed by atoms with Gasteiger partial charge in [0.15, 0.2) is 0 Å². The molecule has 2 fully saturated rings. The first-order valence-corrected chi connectivity index (χ1v) is 8.40. The van der Waals surface area contributed by atoms with Gasteiger partial charge in [-0.1, -0.05) is 30.3 Å². The van der Waals surface area contributed by atoms with Gasteiger partial charge in [0, 0.05) is 43.7 Å². The maximum Gasteiger partial charge on any atom is 0.223 e. The van der Waals surface area contributed by atoms with Crippen LogP contribution < -0.4 is 10.6 Å². The molecule has 140 valence electrons. The number of rotatable bonds is 3. The predicted octanol–water partition coefficient (Wildman–Crippen LogP) is 2.13. The molecule has 0 aliphatic carbocycles. The average Bonchev–Trinajstić information content (AvgIpc) is 3.21. The van der Waals surface area contributed by atoms with Crippen LogP contribution in [0.3, 0.4) is 0 Å². The van der Waals surface area contributed by atoms with Crippen LogP contribution in [0.2, 0.25) is 0 Å². The van der Waals surface area contributed by atoms with Gasteiger partial charge in [-0.15, -0.1) is 24.8 Å². The number of carbonyl (C=O) groups excluding carboxylic acids is 1. The van der Waals surface area contributed by atoms with E-state index in [9.17, 15) is 4.79 Å². The van der Waals surface area contributed by atoms with Gasteiger partial charge in [0.05, 0.1) is 11.7 Å². The molecule has 0 bridgehead atoms. The van der Waals surface area contributed by atoms with Gasteiger partial charge in [-0.2, -0.15) is 0 Å². The average molecular weight is 396 g/mol. The smallest absolute Gasteiger partial charge is 0.223 e. The highest BCUT2D eigenvalue weighted by molar-refractivity contribution is 5.85. The molecule has 2 atom stereocenters. The van der Waals surface area contributed by atoms with Crippen LogP contribution in [0.15, 0.2) is 42.7 Å². The minimum absolute atomic E-state index is 0. The van der Waals surface area contributed by atoms with Gasteiger partial charge < -0.3 is 15.5 Å². The molecule has 3 heterocycles. The third-order valence-corrected chi connectivity index (χ3v) is 4.89. The van der Waals surface area contributed by atoms with Gasteiger partial charge in [-0.25, -0.2) is 9.97 Å². The fourth-order valence-electron chi connectivity index (χ4n) is 3.64. The van der Waals surface area contributed by atoms with E-state index in [1.165, 1.54) is 0 Å². The highest BCUT2D eigenvalue weighted by Gasteiger charge is 2.38. The van der Waals surface area contributed by atoms with E-state index in [1.54, 1.807) is 6.33 Å². The Morgan fingerprint density at radius 1 is 1.08 bits per heavy atom. The van der Waals surface area contributed by atoms with E-state index in [1.807, 2.05) is 41.3 Å². The fraction of sp³-hybridized carbons (Fsp3) is 0.389. The standard InChI is InChI=1S/C18H21N5O.2ClH/c19-14-10-22(11-16(14)23-8-4-7-18(23)24)17-9-15(20-12-21-17)13-5-2-1-3-6-13;;/h1-3,5-6,9,12,14,16H,4,7-8,10-11,19H2;2*1H/t14-,16+;;/m1../s1. The zero-order valence-corrected chi connectivity index (χ0v) is 16.0. The Bertz CT molecular complexity index is 745. The van der Waals surface area contributed by atoms with Crippen molar-refractivity contribution in [2.75, 3.05) is 24.5 Å². The molecule has 2 saturated heterocycles. The molecule has 0 saturated carbocycles. The maximum atomic E-state index is 12.0. The Balaban J connectivity index is 0.00000121. The number of benzene rings is 1. The van der Waals surface area contributed by atoms with Gasteiger partial charge in [0.2, 0.25) is 5.91 Å². The molecule has 1 amide bonds. The number of halogens is 2. The zero-order chi connectivity index (χ0) is 16.5. The normalized spacial score (nSPS) is 22.1. The second-order valence-corrected chi connectivity index (χ2v) is 6.45. The lowest BCUT2D eigenvalue weighted by atomic mass is 10.1. The molecular formula is C18H23Cl2N5O. The minimum Gasteiger partial charge on any atom is -0.353 e. The lowest BCUT2D eigenvalue weighted by Gasteiger charge is -2.26. The summed E-state index contributed by atoms with van der Waals surface area (Å²) in [6.07, 6.45) is 3.18. The lowest BCUT2D eigenvalue weighted by Crippen LogP contribution is -2.47. The van der Waals surface area contributed by atoms with Crippen molar-refractivity contribution in [1.82, 2.24) is 14.9 Å². The summed E-state index contributed by atoms with van der Waals surface area (Å²) in [7, 11) is 0. The second kappa shape index (κ2) is 8.66.